The minimum absolute atomic E-state index is 0.274. The van der Waals surface area contributed by atoms with Gasteiger partial charge in [0.2, 0.25) is 0 Å². The third-order valence-corrected chi connectivity index (χ3v) is 2.72. The Morgan fingerprint density at radius 2 is 2.00 bits per heavy atom. The molecule has 72 valence electrons. The van der Waals surface area contributed by atoms with Gasteiger partial charge in [-0.25, -0.2) is 0 Å². The van der Waals surface area contributed by atoms with E-state index in [1.807, 2.05) is 0 Å². The van der Waals surface area contributed by atoms with Gasteiger partial charge in [-0.05, 0) is 40.5 Å². The van der Waals surface area contributed by atoms with Gasteiger partial charge in [0.15, 0.2) is 0 Å². The van der Waals surface area contributed by atoms with Crippen LogP contribution in [-0.2, 0) is 0 Å². The predicted molar refractivity (Wildman–Crippen MR) is 52.2 cm³/mol. The molecule has 2 N–H and O–H groups in total. The van der Waals surface area contributed by atoms with Gasteiger partial charge >= 0.3 is 0 Å². The molecular weight excluding hydrogens is 150 g/mol. The highest BCUT2D eigenvalue weighted by Crippen LogP contribution is 2.08. The van der Waals surface area contributed by atoms with Crippen molar-refractivity contribution in [1.29, 1.82) is 0 Å². The van der Waals surface area contributed by atoms with Gasteiger partial charge in [-0.2, -0.15) is 0 Å². The SMILES string of the molecule is CC(N)C1CN(C)CCCN1C. The maximum Gasteiger partial charge on any atom is 0.0368 e. The zero-order valence-electron chi connectivity index (χ0n) is 8.45. The van der Waals surface area contributed by atoms with E-state index in [-0.39, 0.29) is 6.04 Å². The second kappa shape index (κ2) is 4.21. The minimum Gasteiger partial charge on any atom is -0.326 e. The summed E-state index contributed by atoms with van der Waals surface area (Å²) in [6, 6.07) is 0.799. The summed E-state index contributed by atoms with van der Waals surface area (Å²) in [6.07, 6.45) is 1.26. The van der Waals surface area contributed by atoms with E-state index in [1.54, 1.807) is 0 Å². The highest BCUT2D eigenvalue weighted by atomic mass is 15.2. The van der Waals surface area contributed by atoms with Crippen LogP contribution < -0.4 is 5.73 Å². The van der Waals surface area contributed by atoms with Crippen LogP contribution in [0.15, 0.2) is 0 Å². The smallest absolute Gasteiger partial charge is 0.0368 e. The average molecular weight is 171 g/mol. The predicted octanol–water partition coefficient (Wildman–Crippen LogP) is -0.0305. The Morgan fingerprint density at radius 3 is 2.58 bits per heavy atom. The van der Waals surface area contributed by atoms with Crippen molar-refractivity contribution in [3.63, 3.8) is 0 Å². The first-order valence-corrected chi connectivity index (χ1v) is 4.75. The lowest BCUT2D eigenvalue weighted by molar-refractivity contribution is 0.202. The fourth-order valence-corrected chi connectivity index (χ4v) is 1.87. The summed E-state index contributed by atoms with van der Waals surface area (Å²) in [5.74, 6) is 0. The lowest BCUT2D eigenvalue weighted by Crippen LogP contribution is -2.48. The molecule has 12 heavy (non-hydrogen) atoms. The van der Waals surface area contributed by atoms with Gasteiger partial charge in [-0.1, -0.05) is 0 Å². The molecule has 3 nitrogen and oxygen atoms in total. The van der Waals surface area contributed by atoms with Gasteiger partial charge in [0.1, 0.15) is 0 Å². The third kappa shape index (κ3) is 2.44. The van der Waals surface area contributed by atoms with E-state index in [9.17, 15) is 0 Å². The Kier molecular flexibility index (Phi) is 3.50. The number of hydrogen-bond acceptors (Lipinski definition) is 3. The van der Waals surface area contributed by atoms with Crippen LogP contribution in [-0.4, -0.2) is 55.6 Å². The second-order valence-electron chi connectivity index (χ2n) is 4.02. The second-order valence-corrected chi connectivity index (χ2v) is 4.02. The summed E-state index contributed by atoms with van der Waals surface area (Å²) in [6.45, 7) is 5.58. The van der Waals surface area contributed by atoms with Crippen LogP contribution >= 0.6 is 0 Å². The monoisotopic (exact) mass is 171 g/mol. The highest BCUT2D eigenvalue weighted by molar-refractivity contribution is 4.82. The van der Waals surface area contributed by atoms with Gasteiger partial charge < -0.3 is 15.5 Å². The molecule has 1 saturated heterocycles. The molecule has 0 saturated carbocycles. The molecule has 0 aromatic rings. The fourth-order valence-electron chi connectivity index (χ4n) is 1.87. The standard InChI is InChI=1S/C9H21N3/c1-8(10)9-7-11(2)5-4-6-12(9)3/h8-9H,4-7,10H2,1-3H3. The Bertz CT molecular complexity index is 136. The lowest BCUT2D eigenvalue weighted by atomic mass is 10.1. The minimum atomic E-state index is 0.274. The molecule has 0 bridgehead atoms. The number of nitrogens with two attached hydrogens (primary N) is 1. The molecule has 0 spiro atoms. The van der Waals surface area contributed by atoms with Crippen molar-refractivity contribution < 1.29 is 0 Å². The van der Waals surface area contributed by atoms with Crippen molar-refractivity contribution in [2.75, 3.05) is 33.7 Å². The van der Waals surface area contributed by atoms with E-state index >= 15 is 0 Å². The van der Waals surface area contributed by atoms with E-state index in [1.165, 1.54) is 19.5 Å². The largest absolute Gasteiger partial charge is 0.326 e. The first-order valence-electron chi connectivity index (χ1n) is 4.75. The van der Waals surface area contributed by atoms with Crippen molar-refractivity contribution in [2.45, 2.75) is 25.4 Å². The van der Waals surface area contributed by atoms with Gasteiger partial charge in [0, 0.05) is 18.6 Å². The van der Waals surface area contributed by atoms with E-state index in [2.05, 4.69) is 30.8 Å². The zero-order chi connectivity index (χ0) is 9.14. The summed E-state index contributed by atoms with van der Waals surface area (Å²) < 4.78 is 0. The molecule has 1 fully saturated rings. The molecule has 1 aliphatic heterocycles. The van der Waals surface area contributed by atoms with Gasteiger partial charge in [-0.3, -0.25) is 0 Å². The molecule has 0 aromatic carbocycles. The normalized spacial score (nSPS) is 31.5. The van der Waals surface area contributed by atoms with Crippen LogP contribution in [0.25, 0.3) is 0 Å². The summed E-state index contributed by atoms with van der Waals surface area (Å²) in [5, 5.41) is 0. The molecular formula is C9H21N3. The molecule has 0 aliphatic carbocycles. The summed E-state index contributed by atoms with van der Waals surface area (Å²) in [4.78, 5) is 4.76. The van der Waals surface area contributed by atoms with Crippen LogP contribution in [0.3, 0.4) is 0 Å². The molecule has 2 unspecified atom stereocenters. The zero-order valence-corrected chi connectivity index (χ0v) is 8.45. The lowest BCUT2D eigenvalue weighted by Gasteiger charge is -2.30. The maximum absolute atomic E-state index is 5.92. The van der Waals surface area contributed by atoms with E-state index in [0.717, 1.165) is 6.54 Å². The highest BCUT2D eigenvalue weighted by Gasteiger charge is 2.22. The van der Waals surface area contributed by atoms with Gasteiger partial charge in [0.05, 0.1) is 0 Å². The van der Waals surface area contributed by atoms with E-state index in [4.69, 9.17) is 5.73 Å². The molecule has 3 heteroatoms. The van der Waals surface area contributed by atoms with Crippen LogP contribution in [0.1, 0.15) is 13.3 Å². The van der Waals surface area contributed by atoms with E-state index in [0.29, 0.717) is 6.04 Å². The quantitative estimate of drug-likeness (QED) is 0.601. The Balaban J connectivity index is 2.54. The molecule has 0 amide bonds. The molecule has 2 atom stereocenters. The number of nitrogens with zero attached hydrogens (tertiary/aromatic N) is 2. The van der Waals surface area contributed by atoms with Crippen molar-refractivity contribution in [3.8, 4) is 0 Å². The van der Waals surface area contributed by atoms with Crippen LogP contribution in [0.2, 0.25) is 0 Å². The van der Waals surface area contributed by atoms with Crippen molar-refractivity contribution in [1.82, 2.24) is 9.80 Å². The van der Waals surface area contributed by atoms with Crippen molar-refractivity contribution >= 4 is 0 Å². The Hall–Kier alpha value is -0.120. The summed E-state index contributed by atoms with van der Waals surface area (Å²) >= 11 is 0. The van der Waals surface area contributed by atoms with Crippen LogP contribution in [0, 0.1) is 0 Å². The van der Waals surface area contributed by atoms with Crippen molar-refractivity contribution in [2.24, 2.45) is 5.73 Å². The Morgan fingerprint density at radius 1 is 1.33 bits per heavy atom. The Labute approximate surface area is 75.5 Å². The van der Waals surface area contributed by atoms with Crippen LogP contribution in [0.5, 0.6) is 0 Å². The van der Waals surface area contributed by atoms with Crippen molar-refractivity contribution in [3.05, 3.63) is 0 Å². The molecule has 1 aliphatic rings. The van der Waals surface area contributed by atoms with Gasteiger partial charge in [-0.15, -0.1) is 0 Å². The fraction of sp³-hybridized carbons (Fsp3) is 1.00. The number of likely N-dealkylation sites (N-methyl/N-ethyl adjacent to an activating group) is 2. The molecule has 1 rings (SSSR count). The average Bonchev–Trinajstić information content (AvgIpc) is 2.13. The first-order chi connectivity index (χ1) is 5.61. The summed E-state index contributed by atoms with van der Waals surface area (Å²) in [7, 11) is 4.35. The van der Waals surface area contributed by atoms with E-state index < -0.39 is 0 Å². The number of hydrogen-bond donors (Lipinski definition) is 1. The maximum atomic E-state index is 5.92. The summed E-state index contributed by atoms with van der Waals surface area (Å²) in [5.41, 5.74) is 5.92. The van der Waals surface area contributed by atoms with Crippen LogP contribution in [0.4, 0.5) is 0 Å². The number of rotatable bonds is 1. The first kappa shape index (κ1) is 9.96. The molecule has 1 heterocycles. The molecule has 0 radical (unpaired) electrons. The third-order valence-electron chi connectivity index (χ3n) is 2.72. The van der Waals surface area contributed by atoms with Gasteiger partial charge in [0.25, 0.3) is 0 Å². The topological polar surface area (TPSA) is 32.5 Å². The molecule has 0 aromatic heterocycles.